The van der Waals surface area contributed by atoms with E-state index in [1.165, 1.54) is 38.5 Å². The van der Waals surface area contributed by atoms with Crippen LogP contribution in [0.5, 0.6) is 0 Å². The van der Waals surface area contributed by atoms with Gasteiger partial charge in [-0.25, -0.2) is 0 Å². The summed E-state index contributed by atoms with van der Waals surface area (Å²) in [7, 11) is 0. The van der Waals surface area contributed by atoms with Crippen LogP contribution in [0.2, 0.25) is 0 Å². The Labute approximate surface area is 93.9 Å². The predicted octanol–water partition coefficient (Wildman–Crippen LogP) is 3.21. The maximum atomic E-state index is 9.60. The van der Waals surface area contributed by atoms with Crippen LogP contribution in [0, 0.1) is 0 Å². The molecule has 0 aromatic heterocycles. The van der Waals surface area contributed by atoms with Crippen LogP contribution in [0.25, 0.3) is 0 Å². The van der Waals surface area contributed by atoms with Crippen molar-refractivity contribution in [2.75, 3.05) is 0 Å². The summed E-state index contributed by atoms with van der Waals surface area (Å²) in [5.41, 5.74) is 0. The second kappa shape index (κ2) is 12.1. The average molecular weight is 238 g/mol. The van der Waals surface area contributed by atoms with E-state index in [1.807, 2.05) is 6.92 Å². The Bertz CT molecular complexity index is 100.0. The van der Waals surface area contributed by atoms with Crippen molar-refractivity contribution in [3.63, 3.8) is 0 Å². The summed E-state index contributed by atoms with van der Waals surface area (Å²) >= 11 is 0. The molecule has 0 saturated heterocycles. The molecule has 0 bridgehead atoms. The van der Waals surface area contributed by atoms with Gasteiger partial charge in [-0.3, -0.25) is 4.79 Å². The standard InChI is InChI=1S/C6H12.C4H8O2.Zn/c1-2-4-6-5-3-1;1-2-3-4(5)6;/h1-6H2;2-3H2,1H3,(H,5,6);. The molecule has 13 heavy (non-hydrogen) atoms. The third-order valence-electron chi connectivity index (χ3n) is 1.96. The molecule has 74 valence electrons. The van der Waals surface area contributed by atoms with E-state index in [0.717, 1.165) is 6.42 Å². The molecule has 1 N–H and O–H groups in total. The molecule has 0 radical (unpaired) electrons. The summed E-state index contributed by atoms with van der Waals surface area (Å²) in [5.74, 6) is -0.711. The van der Waals surface area contributed by atoms with Gasteiger partial charge in [0, 0.05) is 25.9 Å². The first kappa shape index (κ1) is 15.6. The third kappa shape index (κ3) is 14.9. The van der Waals surface area contributed by atoms with Crippen LogP contribution >= 0.6 is 0 Å². The number of carboxylic acids is 1. The summed E-state index contributed by atoms with van der Waals surface area (Å²) in [6, 6.07) is 0. The summed E-state index contributed by atoms with van der Waals surface area (Å²) in [5, 5.41) is 7.91. The SMILES string of the molecule is C1CCCCC1.CCCC(=O)O.[Zn]. The number of carboxylic acid groups (broad SMARTS) is 1. The molecule has 0 aliphatic heterocycles. The van der Waals surface area contributed by atoms with E-state index in [9.17, 15) is 4.79 Å². The minimum absolute atomic E-state index is 0. The van der Waals surface area contributed by atoms with Gasteiger partial charge < -0.3 is 5.11 Å². The second-order valence-corrected chi connectivity index (χ2v) is 3.27. The smallest absolute Gasteiger partial charge is 0.303 e. The van der Waals surface area contributed by atoms with Crippen molar-refractivity contribution in [1.82, 2.24) is 0 Å². The van der Waals surface area contributed by atoms with Gasteiger partial charge >= 0.3 is 5.97 Å². The molecule has 1 aliphatic rings. The van der Waals surface area contributed by atoms with Crippen LogP contribution in [0.4, 0.5) is 0 Å². The van der Waals surface area contributed by atoms with Crippen molar-refractivity contribution >= 4 is 5.97 Å². The van der Waals surface area contributed by atoms with Gasteiger partial charge in [0.25, 0.3) is 0 Å². The van der Waals surface area contributed by atoms with Gasteiger partial charge in [-0.15, -0.1) is 0 Å². The molecule has 0 aromatic rings. The molecule has 1 aliphatic carbocycles. The van der Waals surface area contributed by atoms with Crippen LogP contribution < -0.4 is 0 Å². The van der Waals surface area contributed by atoms with Gasteiger partial charge in [0.05, 0.1) is 0 Å². The van der Waals surface area contributed by atoms with Crippen LogP contribution in [0.15, 0.2) is 0 Å². The Kier molecular flexibility index (Phi) is 14.5. The summed E-state index contributed by atoms with van der Waals surface area (Å²) in [4.78, 5) is 9.60. The number of aliphatic carboxylic acids is 1. The fourth-order valence-corrected chi connectivity index (χ4v) is 1.27. The zero-order chi connectivity index (χ0) is 9.23. The van der Waals surface area contributed by atoms with Crippen molar-refractivity contribution in [2.45, 2.75) is 58.3 Å². The van der Waals surface area contributed by atoms with E-state index in [4.69, 9.17) is 5.11 Å². The third-order valence-corrected chi connectivity index (χ3v) is 1.96. The van der Waals surface area contributed by atoms with Crippen molar-refractivity contribution in [2.24, 2.45) is 0 Å². The Balaban J connectivity index is 0. The average Bonchev–Trinajstić information content (AvgIpc) is 2.08. The fraction of sp³-hybridized carbons (Fsp3) is 0.900. The molecule has 0 spiro atoms. The minimum atomic E-state index is -0.711. The van der Waals surface area contributed by atoms with E-state index in [-0.39, 0.29) is 19.5 Å². The van der Waals surface area contributed by atoms with Crippen molar-refractivity contribution in [3.05, 3.63) is 0 Å². The second-order valence-electron chi connectivity index (χ2n) is 3.27. The Hall–Kier alpha value is 0.0934. The predicted molar refractivity (Wildman–Crippen MR) is 50.2 cm³/mol. The molecular formula is C10H20O2Zn. The maximum absolute atomic E-state index is 9.60. The molecule has 0 heterocycles. The topological polar surface area (TPSA) is 37.3 Å². The van der Waals surface area contributed by atoms with Gasteiger partial charge in [0.1, 0.15) is 0 Å². The van der Waals surface area contributed by atoms with Crippen molar-refractivity contribution in [1.29, 1.82) is 0 Å². The molecule has 1 fully saturated rings. The van der Waals surface area contributed by atoms with Gasteiger partial charge in [-0.1, -0.05) is 45.4 Å². The fourth-order valence-electron chi connectivity index (χ4n) is 1.27. The quantitative estimate of drug-likeness (QED) is 0.749. The first-order valence-electron chi connectivity index (χ1n) is 4.99. The van der Waals surface area contributed by atoms with Gasteiger partial charge in [0.15, 0.2) is 0 Å². The summed E-state index contributed by atoms with van der Waals surface area (Å²) < 4.78 is 0. The van der Waals surface area contributed by atoms with Gasteiger partial charge in [-0.05, 0) is 6.42 Å². The van der Waals surface area contributed by atoms with Gasteiger partial charge in [-0.2, -0.15) is 0 Å². The van der Waals surface area contributed by atoms with E-state index in [1.54, 1.807) is 0 Å². The van der Waals surface area contributed by atoms with Crippen LogP contribution in [0.3, 0.4) is 0 Å². The van der Waals surface area contributed by atoms with Crippen LogP contribution in [-0.4, -0.2) is 11.1 Å². The summed E-state index contributed by atoms with van der Waals surface area (Å²) in [6.45, 7) is 1.84. The first-order chi connectivity index (χ1) is 5.77. The molecule has 3 heteroatoms. The number of hydrogen-bond acceptors (Lipinski definition) is 1. The zero-order valence-electron chi connectivity index (χ0n) is 8.72. The molecule has 1 saturated carbocycles. The molecule has 2 nitrogen and oxygen atoms in total. The van der Waals surface area contributed by atoms with Crippen LogP contribution in [-0.2, 0) is 24.3 Å². The summed E-state index contributed by atoms with van der Waals surface area (Å²) in [6.07, 6.45) is 10.0. The first-order valence-corrected chi connectivity index (χ1v) is 4.99. The monoisotopic (exact) mass is 236 g/mol. The van der Waals surface area contributed by atoms with Gasteiger partial charge in [0.2, 0.25) is 0 Å². The molecule has 0 aromatic carbocycles. The van der Waals surface area contributed by atoms with Crippen LogP contribution in [0.1, 0.15) is 58.3 Å². The molecule has 1 rings (SSSR count). The Morgan fingerprint density at radius 1 is 1.08 bits per heavy atom. The Morgan fingerprint density at radius 3 is 1.46 bits per heavy atom. The number of rotatable bonds is 2. The Morgan fingerprint density at radius 2 is 1.38 bits per heavy atom. The number of carbonyl (C=O) groups is 1. The molecule has 0 amide bonds. The van der Waals surface area contributed by atoms with Crippen molar-refractivity contribution < 1.29 is 29.4 Å². The molecule has 0 atom stereocenters. The minimum Gasteiger partial charge on any atom is -0.481 e. The molecular weight excluding hydrogens is 217 g/mol. The van der Waals surface area contributed by atoms with Crippen molar-refractivity contribution in [3.8, 4) is 0 Å². The number of hydrogen-bond donors (Lipinski definition) is 1. The van der Waals surface area contributed by atoms with E-state index < -0.39 is 5.97 Å². The largest absolute Gasteiger partial charge is 0.481 e. The maximum Gasteiger partial charge on any atom is 0.303 e. The molecule has 0 unspecified atom stereocenters. The zero-order valence-corrected chi connectivity index (χ0v) is 11.7. The van der Waals surface area contributed by atoms with E-state index >= 15 is 0 Å². The normalized spacial score (nSPS) is 14.8. The van der Waals surface area contributed by atoms with E-state index in [2.05, 4.69) is 0 Å². The van der Waals surface area contributed by atoms with E-state index in [0.29, 0.717) is 6.42 Å².